The van der Waals surface area contributed by atoms with Gasteiger partial charge in [-0.15, -0.1) is 5.10 Å². The molecule has 216 valence electrons. The van der Waals surface area contributed by atoms with Crippen LogP contribution in [0.5, 0.6) is 0 Å². The van der Waals surface area contributed by atoms with Crippen LogP contribution in [0.25, 0.3) is 10.9 Å². The van der Waals surface area contributed by atoms with E-state index >= 15 is 0 Å². The number of nitrogens with zero attached hydrogens (tertiary/aromatic N) is 6. The zero-order valence-electron chi connectivity index (χ0n) is 24.2. The molecular formula is C28H30B2ClF3N8. The van der Waals surface area contributed by atoms with E-state index < -0.39 is 29.3 Å². The smallest absolute Gasteiger partial charge is 0.263 e. The summed E-state index contributed by atoms with van der Waals surface area (Å²) in [6.45, 7) is 7.97. The van der Waals surface area contributed by atoms with Crippen LogP contribution < -0.4 is 10.6 Å². The van der Waals surface area contributed by atoms with E-state index in [2.05, 4.69) is 73.4 Å². The molecule has 0 bridgehead atoms. The molecule has 4 aromatic rings. The van der Waals surface area contributed by atoms with E-state index in [-0.39, 0.29) is 5.41 Å². The van der Waals surface area contributed by atoms with Gasteiger partial charge >= 0.3 is 0 Å². The highest BCUT2D eigenvalue weighted by Gasteiger charge is 2.54. The van der Waals surface area contributed by atoms with E-state index in [4.69, 9.17) is 11.6 Å². The van der Waals surface area contributed by atoms with Crippen LogP contribution in [0.2, 0.25) is 5.02 Å². The van der Waals surface area contributed by atoms with Crippen LogP contribution in [-0.2, 0) is 5.54 Å². The second-order valence-corrected chi connectivity index (χ2v) is 12.8. The third-order valence-corrected chi connectivity index (χ3v) is 8.79. The number of pyridine rings is 2. The molecule has 0 aliphatic heterocycles. The largest absolute Gasteiger partial charge is 0.393 e. The molecule has 3 aromatic heterocycles. The Hall–Kier alpha value is -3.78. The van der Waals surface area contributed by atoms with Gasteiger partial charge < -0.3 is 10.6 Å². The van der Waals surface area contributed by atoms with Crippen molar-refractivity contribution in [1.82, 2.24) is 25.0 Å². The summed E-state index contributed by atoms with van der Waals surface area (Å²) < 4.78 is 42.8. The number of aryl methyl sites for hydroxylation is 1. The number of nitrogens with one attached hydrogen (secondary N) is 2. The van der Waals surface area contributed by atoms with Crippen molar-refractivity contribution >= 4 is 49.6 Å². The number of benzene rings is 1. The molecule has 0 unspecified atom stereocenters. The van der Waals surface area contributed by atoms with Gasteiger partial charge in [0.25, 0.3) is 6.43 Å². The Morgan fingerprint density at radius 3 is 2.50 bits per heavy atom. The van der Waals surface area contributed by atoms with Crippen LogP contribution in [-0.4, -0.2) is 52.4 Å². The first kappa shape index (κ1) is 29.7. The number of rotatable bonds is 8. The molecule has 1 saturated carbocycles. The van der Waals surface area contributed by atoms with Crippen LogP contribution >= 0.6 is 11.6 Å². The molecule has 1 aromatic carbocycles. The Morgan fingerprint density at radius 1 is 1.19 bits per heavy atom. The SMILES string of the molecule is BC(B)(Nc1c(C#N)cnc2c(Cl)cc(N[C@H](c3cn(C4(C(F)F)CC4)nn3)c3ccc(F)nc3C)cc12)C(C)(C)C. The molecule has 1 aliphatic carbocycles. The number of halogens is 4. The maximum Gasteiger partial charge on any atom is 0.263 e. The van der Waals surface area contributed by atoms with E-state index in [1.54, 1.807) is 19.1 Å². The van der Waals surface area contributed by atoms with Gasteiger partial charge in [0.05, 0.1) is 34.0 Å². The first-order valence-electron chi connectivity index (χ1n) is 13.6. The van der Waals surface area contributed by atoms with E-state index in [0.29, 0.717) is 62.7 Å². The monoisotopic (exact) mass is 592 g/mol. The van der Waals surface area contributed by atoms with Gasteiger partial charge in [0.2, 0.25) is 5.95 Å². The van der Waals surface area contributed by atoms with Crippen LogP contribution in [0.4, 0.5) is 24.5 Å². The Labute approximate surface area is 248 Å². The molecule has 8 nitrogen and oxygen atoms in total. The fraction of sp³-hybridized carbons (Fsp3) is 0.393. The summed E-state index contributed by atoms with van der Waals surface area (Å²) in [4.78, 5) is 8.41. The van der Waals surface area contributed by atoms with Crippen LogP contribution in [0.3, 0.4) is 0 Å². The molecule has 2 N–H and O–H groups in total. The summed E-state index contributed by atoms with van der Waals surface area (Å²) in [6.07, 6.45) is 1.01. The van der Waals surface area contributed by atoms with Crippen molar-refractivity contribution < 1.29 is 13.2 Å². The van der Waals surface area contributed by atoms with Crippen molar-refractivity contribution in [2.45, 2.75) is 63.9 Å². The number of hydrogen-bond donors (Lipinski definition) is 2. The summed E-state index contributed by atoms with van der Waals surface area (Å²) in [6, 6.07) is 7.81. The number of alkyl halides is 2. The summed E-state index contributed by atoms with van der Waals surface area (Å²) in [7, 11) is 4.11. The predicted molar refractivity (Wildman–Crippen MR) is 162 cm³/mol. The van der Waals surface area contributed by atoms with E-state index in [9.17, 15) is 18.4 Å². The maximum absolute atomic E-state index is 14.0. The molecule has 1 atom stereocenters. The maximum atomic E-state index is 14.0. The highest BCUT2D eigenvalue weighted by Crippen LogP contribution is 2.48. The molecule has 1 aliphatic rings. The van der Waals surface area contributed by atoms with Gasteiger partial charge in [0, 0.05) is 28.5 Å². The lowest BCUT2D eigenvalue weighted by atomic mass is 9.49. The number of fused-ring (bicyclic) bond motifs is 1. The van der Waals surface area contributed by atoms with Gasteiger partial charge in [0.15, 0.2) is 0 Å². The van der Waals surface area contributed by atoms with E-state index in [1.807, 2.05) is 6.07 Å². The summed E-state index contributed by atoms with van der Waals surface area (Å²) in [5.74, 6) is -0.644. The minimum Gasteiger partial charge on any atom is -0.393 e. The first-order chi connectivity index (χ1) is 19.7. The highest BCUT2D eigenvalue weighted by atomic mass is 35.5. The molecule has 14 heteroatoms. The zero-order chi connectivity index (χ0) is 30.6. The van der Waals surface area contributed by atoms with Gasteiger partial charge in [-0.3, -0.25) is 4.98 Å². The average Bonchev–Trinajstić information content (AvgIpc) is 3.57. The van der Waals surface area contributed by atoms with Gasteiger partial charge in [-0.1, -0.05) is 43.7 Å². The average molecular weight is 593 g/mol. The summed E-state index contributed by atoms with van der Waals surface area (Å²) in [5, 5.41) is 25.7. The quantitative estimate of drug-likeness (QED) is 0.229. The number of anilines is 2. The number of hydrogen-bond acceptors (Lipinski definition) is 7. The molecule has 0 radical (unpaired) electrons. The summed E-state index contributed by atoms with van der Waals surface area (Å²) in [5.41, 5.74) is 1.78. The minimum absolute atomic E-state index is 0.170. The van der Waals surface area contributed by atoms with E-state index in [1.165, 1.54) is 23.1 Å². The van der Waals surface area contributed by atoms with Crippen LogP contribution in [0, 0.1) is 29.6 Å². The van der Waals surface area contributed by atoms with Gasteiger partial charge in [-0.05, 0) is 48.7 Å². The van der Waals surface area contributed by atoms with Gasteiger partial charge in [-0.25, -0.2) is 18.4 Å². The molecule has 0 saturated heterocycles. The van der Waals surface area contributed by atoms with Crippen molar-refractivity contribution in [3.05, 3.63) is 70.1 Å². The molecule has 0 spiro atoms. The molecule has 5 rings (SSSR count). The van der Waals surface area contributed by atoms with Crippen molar-refractivity contribution in [1.29, 1.82) is 5.26 Å². The van der Waals surface area contributed by atoms with Crippen molar-refractivity contribution in [2.24, 2.45) is 5.41 Å². The lowest BCUT2D eigenvalue weighted by Crippen LogP contribution is -2.51. The first-order valence-corrected chi connectivity index (χ1v) is 14.0. The van der Waals surface area contributed by atoms with Gasteiger partial charge in [-0.2, -0.15) is 9.65 Å². The molecular weight excluding hydrogens is 562 g/mol. The standard InChI is InChI=1S/C28H30B2ClF3N8/c1-14-17(5-6-21(32)37-14)24(20-13-42(41-40-20)27(7-8-27)25(33)34)38-16-9-18-22(39-28(29,30)26(2,3)4)15(11-35)12-36-23(18)19(31)10-16/h5-6,9-10,12-13,24-25,38H,7-8,29-30H2,1-4H3,(H,36,39)/t24-/m0/s1. The second-order valence-electron chi connectivity index (χ2n) is 12.4. The topological polar surface area (TPSA) is 104 Å². The highest BCUT2D eigenvalue weighted by molar-refractivity contribution is 6.42. The Morgan fingerprint density at radius 2 is 1.90 bits per heavy atom. The molecule has 1 fully saturated rings. The molecule has 0 amide bonds. The Balaban J connectivity index is 1.63. The fourth-order valence-corrected chi connectivity index (χ4v) is 4.96. The lowest BCUT2D eigenvalue weighted by molar-refractivity contribution is 0.0593. The fourth-order valence-electron chi connectivity index (χ4n) is 4.69. The van der Waals surface area contributed by atoms with Crippen molar-refractivity contribution in [2.75, 3.05) is 10.6 Å². The number of aromatic nitrogens is 5. The minimum atomic E-state index is -2.59. The number of nitriles is 1. The van der Waals surface area contributed by atoms with Crippen LogP contribution in [0.15, 0.2) is 36.7 Å². The predicted octanol–water partition coefficient (Wildman–Crippen LogP) is 4.53. The molecule has 3 heterocycles. The molecule has 42 heavy (non-hydrogen) atoms. The third kappa shape index (κ3) is 5.28. The normalized spacial score (nSPS) is 15.4. The van der Waals surface area contributed by atoms with Crippen LogP contribution in [0.1, 0.15) is 62.2 Å². The second kappa shape index (κ2) is 10.5. The third-order valence-electron chi connectivity index (χ3n) is 8.50. The van der Waals surface area contributed by atoms with Crippen molar-refractivity contribution in [3.8, 4) is 6.07 Å². The van der Waals surface area contributed by atoms with E-state index in [0.717, 1.165) is 0 Å². The Bertz CT molecular complexity index is 1710. The lowest BCUT2D eigenvalue weighted by Gasteiger charge is -2.41. The van der Waals surface area contributed by atoms with Crippen molar-refractivity contribution in [3.63, 3.8) is 0 Å². The Kier molecular flexibility index (Phi) is 7.42. The summed E-state index contributed by atoms with van der Waals surface area (Å²) >= 11 is 6.73. The van der Waals surface area contributed by atoms with Gasteiger partial charge in [0.1, 0.15) is 33.0 Å². The zero-order valence-corrected chi connectivity index (χ0v) is 25.0.